The molecule has 3 rings (SSSR count). The number of imidazole rings is 1. The summed E-state index contributed by atoms with van der Waals surface area (Å²) in [5.74, 6) is 0.398. The van der Waals surface area contributed by atoms with Gasteiger partial charge in [0, 0.05) is 10.7 Å². The second kappa shape index (κ2) is 5.90. The lowest BCUT2D eigenvalue weighted by molar-refractivity contribution is 0.655. The number of halogens is 1. The first-order valence-corrected chi connectivity index (χ1v) is 8.01. The molecule has 0 saturated carbocycles. The predicted molar refractivity (Wildman–Crippen MR) is 90.1 cm³/mol. The number of rotatable bonds is 4. The van der Waals surface area contributed by atoms with Gasteiger partial charge in [0.1, 0.15) is 0 Å². The molecule has 2 unspecified atom stereocenters. The maximum absolute atomic E-state index is 11.4. The van der Waals surface area contributed by atoms with Gasteiger partial charge in [0.2, 0.25) is 0 Å². The summed E-state index contributed by atoms with van der Waals surface area (Å²) in [5, 5.41) is 0. The van der Waals surface area contributed by atoms with Crippen molar-refractivity contribution in [1.82, 2.24) is 9.97 Å². The summed E-state index contributed by atoms with van der Waals surface area (Å²) in [6.45, 7) is 2.20. The maximum Gasteiger partial charge on any atom is 0.323 e. The number of aromatic nitrogens is 2. The molecule has 0 amide bonds. The Balaban J connectivity index is 1.97. The first-order valence-electron chi connectivity index (χ1n) is 7.10. The van der Waals surface area contributed by atoms with Gasteiger partial charge in [-0.15, -0.1) is 0 Å². The van der Waals surface area contributed by atoms with Crippen LogP contribution in [0.15, 0.2) is 53.3 Å². The highest BCUT2D eigenvalue weighted by atomic mass is 79.9. The molecule has 0 radical (unpaired) electrons. The Morgan fingerprint density at radius 2 is 1.71 bits per heavy atom. The molecule has 0 spiro atoms. The molecule has 108 valence electrons. The molecule has 21 heavy (non-hydrogen) atoms. The quantitative estimate of drug-likeness (QED) is 0.673. The van der Waals surface area contributed by atoms with Crippen LogP contribution in [0.4, 0.5) is 0 Å². The molecule has 1 aromatic heterocycles. The Morgan fingerprint density at radius 3 is 2.43 bits per heavy atom. The second-order valence-corrected chi connectivity index (χ2v) is 6.20. The molecule has 2 aromatic carbocycles. The number of H-pyrrole nitrogens is 2. The van der Waals surface area contributed by atoms with Crippen molar-refractivity contribution in [2.24, 2.45) is 0 Å². The van der Waals surface area contributed by atoms with Crippen LogP contribution in [0, 0.1) is 0 Å². The Morgan fingerprint density at radius 1 is 1.00 bits per heavy atom. The minimum atomic E-state index is -0.164. The summed E-state index contributed by atoms with van der Waals surface area (Å²) in [6.07, 6.45) is 1.04. The molecule has 4 heteroatoms. The molecule has 2 atom stereocenters. The monoisotopic (exact) mass is 344 g/mol. The summed E-state index contributed by atoms with van der Waals surface area (Å²) in [7, 11) is 0. The lowest BCUT2D eigenvalue weighted by Crippen LogP contribution is -2.05. The zero-order valence-electron chi connectivity index (χ0n) is 11.8. The molecule has 2 N–H and O–H groups in total. The maximum atomic E-state index is 11.4. The third kappa shape index (κ3) is 2.81. The van der Waals surface area contributed by atoms with Crippen LogP contribution in [0.3, 0.4) is 0 Å². The van der Waals surface area contributed by atoms with E-state index in [9.17, 15) is 4.79 Å². The van der Waals surface area contributed by atoms with Crippen molar-refractivity contribution >= 4 is 27.0 Å². The number of aromatic amines is 2. The Kier molecular flexibility index (Phi) is 3.97. The molecule has 3 nitrogen and oxygen atoms in total. The topological polar surface area (TPSA) is 48.6 Å². The summed E-state index contributed by atoms with van der Waals surface area (Å²) in [4.78, 5) is 17.2. The van der Waals surface area contributed by atoms with E-state index < -0.39 is 0 Å². The zero-order chi connectivity index (χ0) is 14.8. The minimum Gasteiger partial charge on any atom is -0.306 e. The highest BCUT2D eigenvalue weighted by Gasteiger charge is 2.21. The fourth-order valence-corrected chi connectivity index (χ4v) is 3.73. The molecule has 1 heterocycles. The van der Waals surface area contributed by atoms with Gasteiger partial charge < -0.3 is 9.97 Å². The first kappa shape index (κ1) is 14.1. The van der Waals surface area contributed by atoms with Crippen LogP contribution < -0.4 is 5.69 Å². The zero-order valence-corrected chi connectivity index (χ0v) is 13.4. The van der Waals surface area contributed by atoms with E-state index in [0.717, 1.165) is 17.5 Å². The van der Waals surface area contributed by atoms with Gasteiger partial charge in [-0.05, 0) is 29.7 Å². The van der Waals surface area contributed by atoms with E-state index in [1.54, 1.807) is 0 Å². The van der Waals surface area contributed by atoms with Gasteiger partial charge in [-0.25, -0.2) is 4.79 Å². The van der Waals surface area contributed by atoms with Gasteiger partial charge in [0.15, 0.2) is 0 Å². The number of hydrogen-bond donors (Lipinski definition) is 2. The van der Waals surface area contributed by atoms with Crippen molar-refractivity contribution in [2.75, 3.05) is 0 Å². The van der Waals surface area contributed by atoms with Gasteiger partial charge in [0.05, 0.1) is 11.0 Å². The fraction of sp³-hybridized carbons (Fsp3) is 0.235. The van der Waals surface area contributed by atoms with Gasteiger partial charge in [-0.2, -0.15) is 0 Å². The molecule has 3 aromatic rings. The molecular weight excluding hydrogens is 328 g/mol. The van der Waals surface area contributed by atoms with Crippen molar-refractivity contribution in [2.45, 2.75) is 24.1 Å². The molecule has 0 aliphatic heterocycles. The Labute approximate surface area is 131 Å². The summed E-state index contributed by atoms with van der Waals surface area (Å²) < 4.78 is 0. The predicted octanol–water partition coefficient (Wildman–Crippen LogP) is 4.49. The average Bonchev–Trinajstić information content (AvgIpc) is 2.88. The van der Waals surface area contributed by atoms with Gasteiger partial charge in [0.25, 0.3) is 0 Å². The normalized spacial score (nSPS) is 14.2. The molecule has 0 aliphatic rings. The second-order valence-electron chi connectivity index (χ2n) is 5.21. The summed E-state index contributed by atoms with van der Waals surface area (Å²) in [5.41, 5.74) is 4.03. The largest absolute Gasteiger partial charge is 0.323 e. The standard InChI is InChI=1S/C17H17BrN2O/c1-2-13(11-6-4-3-5-7-11)16(18)12-8-9-14-15(10-12)20-17(21)19-14/h3-10,13,16H,2H2,1H3,(H2,19,20,21). The lowest BCUT2D eigenvalue weighted by Gasteiger charge is -2.22. The number of fused-ring (bicyclic) bond motifs is 1. The first-order chi connectivity index (χ1) is 10.2. The highest BCUT2D eigenvalue weighted by Crippen LogP contribution is 2.40. The fourth-order valence-electron chi connectivity index (χ4n) is 2.77. The summed E-state index contributed by atoms with van der Waals surface area (Å²) in [6, 6.07) is 16.6. The van der Waals surface area contributed by atoms with E-state index in [4.69, 9.17) is 0 Å². The number of benzene rings is 2. The van der Waals surface area contributed by atoms with Crippen molar-refractivity contribution in [3.63, 3.8) is 0 Å². The third-order valence-corrected chi connectivity index (χ3v) is 5.05. The number of alkyl halides is 1. The van der Waals surface area contributed by atoms with E-state index in [1.165, 1.54) is 11.1 Å². The van der Waals surface area contributed by atoms with E-state index in [2.05, 4.69) is 63.2 Å². The van der Waals surface area contributed by atoms with Crippen LogP contribution in [-0.2, 0) is 0 Å². The van der Waals surface area contributed by atoms with Gasteiger partial charge >= 0.3 is 5.69 Å². The lowest BCUT2D eigenvalue weighted by atomic mass is 9.89. The van der Waals surface area contributed by atoms with Crippen LogP contribution >= 0.6 is 15.9 Å². The van der Waals surface area contributed by atoms with Crippen molar-refractivity contribution in [3.05, 3.63) is 70.1 Å². The highest BCUT2D eigenvalue weighted by molar-refractivity contribution is 9.09. The van der Waals surface area contributed by atoms with Crippen LogP contribution in [-0.4, -0.2) is 9.97 Å². The van der Waals surface area contributed by atoms with Crippen molar-refractivity contribution in [1.29, 1.82) is 0 Å². The smallest absolute Gasteiger partial charge is 0.306 e. The van der Waals surface area contributed by atoms with E-state index in [-0.39, 0.29) is 10.5 Å². The van der Waals surface area contributed by atoms with E-state index in [0.29, 0.717) is 5.92 Å². The third-order valence-electron chi connectivity index (χ3n) is 3.88. The van der Waals surface area contributed by atoms with Crippen LogP contribution in [0.2, 0.25) is 0 Å². The van der Waals surface area contributed by atoms with Crippen LogP contribution in [0.5, 0.6) is 0 Å². The Hall–Kier alpha value is -1.81. The molecular formula is C17H17BrN2O. The average molecular weight is 345 g/mol. The SMILES string of the molecule is CCC(c1ccccc1)C(Br)c1ccc2[nH]c(=O)[nH]c2c1. The van der Waals surface area contributed by atoms with Crippen LogP contribution in [0.1, 0.15) is 35.2 Å². The Bertz CT molecular complexity index is 791. The van der Waals surface area contributed by atoms with Gasteiger partial charge in [-0.3, -0.25) is 0 Å². The molecule has 0 fully saturated rings. The molecule has 0 bridgehead atoms. The molecule has 0 aliphatic carbocycles. The molecule has 0 saturated heterocycles. The van der Waals surface area contributed by atoms with Crippen molar-refractivity contribution in [3.8, 4) is 0 Å². The van der Waals surface area contributed by atoms with E-state index in [1.807, 2.05) is 18.2 Å². The van der Waals surface area contributed by atoms with Crippen LogP contribution in [0.25, 0.3) is 11.0 Å². The number of hydrogen-bond acceptors (Lipinski definition) is 1. The number of nitrogens with one attached hydrogen (secondary N) is 2. The minimum absolute atomic E-state index is 0.164. The van der Waals surface area contributed by atoms with E-state index >= 15 is 0 Å². The van der Waals surface area contributed by atoms with Gasteiger partial charge in [-0.1, -0.05) is 59.3 Å². The van der Waals surface area contributed by atoms with Crippen molar-refractivity contribution < 1.29 is 0 Å². The summed E-state index contributed by atoms with van der Waals surface area (Å²) >= 11 is 3.84.